The minimum absolute atomic E-state index is 0.0245. The molecule has 1 fully saturated rings. The zero-order valence-electron chi connectivity index (χ0n) is 18.4. The number of halogens is 1. The fraction of sp³-hybridized carbons (Fsp3) is 0.280. The van der Waals surface area contributed by atoms with Gasteiger partial charge in [-0.15, -0.1) is 0 Å². The molecular weight excluding hydrogens is 440 g/mol. The number of carbonyl (C=O) groups is 1. The summed E-state index contributed by atoms with van der Waals surface area (Å²) in [5.41, 5.74) is 3.43. The molecular formula is C25H27ClN4O3. The molecule has 3 N–H and O–H groups in total. The topological polar surface area (TPSA) is 86.7 Å². The van der Waals surface area contributed by atoms with Crippen molar-refractivity contribution in [1.29, 1.82) is 0 Å². The number of anilines is 2. The van der Waals surface area contributed by atoms with E-state index in [0.29, 0.717) is 23.0 Å². The number of methoxy groups -OCH3 is 1. The Balaban J connectivity index is 1.54. The second-order valence-electron chi connectivity index (χ2n) is 7.96. The number of benzene rings is 2. The zero-order valence-corrected chi connectivity index (χ0v) is 19.1. The number of urea groups is 1. The average Bonchev–Trinajstić information content (AvgIpc) is 2.85. The van der Waals surface area contributed by atoms with Gasteiger partial charge in [0.2, 0.25) is 0 Å². The summed E-state index contributed by atoms with van der Waals surface area (Å²) in [4.78, 5) is 19.6. The maximum absolute atomic E-state index is 12.8. The van der Waals surface area contributed by atoms with Gasteiger partial charge in [0, 0.05) is 52.7 Å². The van der Waals surface area contributed by atoms with Crippen LogP contribution in [0.4, 0.5) is 16.2 Å². The van der Waals surface area contributed by atoms with Crippen molar-refractivity contribution >= 4 is 29.0 Å². The number of amides is 2. The van der Waals surface area contributed by atoms with E-state index in [0.717, 1.165) is 29.9 Å². The molecule has 0 bridgehead atoms. The molecule has 7 nitrogen and oxygen atoms in total. The summed E-state index contributed by atoms with van der Waals surface area (Å²) in [6.45, 7) is 1.38. The monoisotopic (exact) mass is 466 g/mol. The van der Waals surface area contributed by atoms with Gasteiger partial charge in [0.25, 0.3) is 0 Å². The van der Waals surface area contributed by atoms with Crippen LogP contribution in [-0.4, -0.2) is 42.4 Å². The number of hydrogen-bond donors (Lipinski definition) is 3. The van der Waals surface area contributed by atoms with Crippen molar-refractivity contribution in [2.24, 2.45) is 0 Å². The van der Waals surface area contributed by atoms with Crippen molar-refractivity contribution in [3.63, 3.8) is 0 Å². The second-order valence-corrected chi connectivity index (χ2v) is 8.40. The van der Waals surface area contributed by atoms with Gasteiger partial charge in [0.05, 0.1) is 19.9 Å². The molecule has 2 aromatic carbocycles. The van der Waals surface area contributed by atoms with Crippen LogP contribution in [0.5, 0.6) is 5.75 Å². The number of aromatic nitrogens is 1. The fourth-order valence-corrected chi connectivity index (χ4v) is 4.32. The van der Waals surface area contributed by atoms with Crippen LogP contribution in [0.3, 0.4) is 0 Å². The third kappa shape index (κ3) is 5.56. The van der Waals surface area contributed by atoms with Gasteiger partial charge in [-0.05, 0) is 48.9 Å². The predicted octanol–water partition coefficient (Wildman–Crippen LogP) is 4.42. The summed E-state index contributed by atoms with van der Waals surface area (Å²) in [6.07, 6.45) is 2.42. The molecule has 2 atom stereocenters. The normalized spacial score (nSPS) is 18.0. The van der Waals surface area contributed by atoms with Gasteiger partial charge < -0.3 is 25.4 Å². The standard InChI is InChI=1S/C25H27ClN4O3/c1-33-20-10-11-22(27-14-20)21-15-30(24-5-3-2-4-17(24)16-31)13-12-23(21)29-25(32)28-19-8-6-18(26)7-9-19/h2-11,14,21,23,31H,12-13,15-16H2,1H3,(H2,28,29,32)/t21-,23+/m0/s1. The number of rotatable bonds is 6. The Morgan fingerprint density at radius 1 is 1.18 bits per heavy atom. The summed E-state index contributed by atoms with van der Waals surface area (Å²) in [5.74, 6) is 0.634. The number of piperidine rings is 1. The van der Waals surface area contributed by atoms with Crippen molar-refractivity contribution in [1.82, 2.24) is 10.3 Å². The molecule has 1 saturated heterocycles. The summed E-state index contributed by atoms with van der Waals surface area (Å²) in [7, 11) is 1.61. The Kier molecular flexibility index (Phi) is 7.32. The molecule has 0 radical (unpaired) electrons. The third-order valence-electron chi connectivity index (χ3n) is 5.91. The number of hydrogen-bond acceptors (Lipinski definition) is 5. The highest BCUT2D eigenvalue weighted by atomic mass is 35.5. The summed E-state index contributed by atoms with van der Waals surface area (Å²) < 4.78 is 5.25. The van der Waals surface area contributed by atoms with Crippen LogP contribution in [0.25, 0.3) is 0 Å². The van der Waals surface area contributed by atoms with E-state index in [1.165, 1.54) is 0 Å². The Hall–Kier alpha value is -3.29. The number of para-hydroxylation sites is 1. The van der Waals surface area contributed by atoms with Gasteiger partial charge in [-0.25, -0.2) is 4.79 Å². The van der Waals surface area contributed by atoms with Crippen LogP contribution in [0.2, 0.25) is 5.02 Å². The number of nitrogens with one attached hydrogen (secondary N) is 2. The van der Waals surface area contributed by atoms with Gasteiger partial charge in [0.1, 0.15) is 5.75 Å². The Bertz CT molecular complexity index is 1080. The molecule has 1 aromatic heterocycles. The lowest BCUT2D eigenvalue weighted by molar-refractivity contribution is 0.243. The number of carbonyl (C=O) groups excluding carboxylic acids is 1. The Labute approximate surface area is 198 Å². The largest absolute Gasteiger partial charge is 0.495 e. The van der Waals surface area contributed by atoms with E-state index in [4.69, 9.17) is 16.3 Å². The van der Waals surface area contributed by atoms with Gasteiger partial charge in [0.15, 0.2) is 0 Å². The molecule has 0 unspecified atom stereocenters. The van der Waals surface area contributed by atoms with Crippen LogP contribution in [0.15, 0.2) is 66.9 Å². The van der Waals surface area contributed by atoms with Gasteiger partial charge in [-0.2, -0.15) is 0 Å². The Morgan fingerprint density at radius 3 is 2.67 bits per heavy atom. The van der Waals surface area contributed by atoms with E-state index in [-0.39, 0.29) is 24.6 Å². The Morgan fingerprint density at radius 2 is 1.97 bits per heavy atom. The first-order valence-corrected chi connectivity index (χ1v) is 11.2. The minimum atomic E-state index is -0.273. The summed E-state index contributed by atoms with van der Waals surface area (Å²) in [5, 5.41) is 16.4. The number of ether oxygens (including phenoxy) is 1. The van der Waals surface area contributed by atoms with Crippen LogP contribution in [0, 0.1) is 0 Å². The number of aliphatic hydroxyl groups is 1. The van der Waals surface area contributed by atoms with Gasteiger partial charge >= 0.3 is 6.03 Å². The van der Waals surface area contributed by atoms with E-state index in [2.05, 4.69) is 20.5 Å². The molecule has 8 heteroatoms. The van der Waals surface area contributed by atoms with Crippen LogP contribution >= 0.6 is 11.6 Å². The van der Waals surface area contributed by atoms with Crippen molar-refractivity contribution < 1.29 is 14.6 Å². The van der Waals surface area contributed by atoms with Crippen molar-refractivity contribution in [2.45, 2.75) is 25.0 Å². The minimum Gasteiger partial charge on any atom is -0.495 e. The van der Waals surface area contributed by atoms with Crippen molar-refractivity contribution in [3.8, 4) is 5.75 Å². The molecule has 172 valence electrons. The van der Waals surface area contributed by atoms with Crippen molar-refractivity contribution in [3.05, 3.63) is 83.1 Å². The quantitative estimate of drug-likeness (QED) is 0.500. The zero-order chi connectivity index (χ0) is 23.2. The van der Waals surface area contributed by atoms with E-state index in [1.807, 2.05) is 36.4 Å². The maximum Gasteiger partial charge on any atom is 0.319 e. The molecule has 3 aromatic rings. The number of aliphatic hydroxyl groups excluding tert-OH is 1. The molecule has 1 aliphatic heterocycles. The van der Waals surface area contributed by atoms with Gasteiger partial charge in [-0.3, -0.25) is 4.98 Å². The van der Waals surface area contributed by atoms with Crippen LogP contribution in [0.1, 0.15) is 23.6 Å². The molecule has 33 heavy (non-hydrogen) atoms. The number of pyridine rings is 1. The molecule has 0 spiro atoms. The van der Waals surface area contributed by atoms with Crippen LogP contribution in [-0.2, 0) is 6.61 Å². The van der Waals surface area contributed by atoms with E-state index < -0.39 is 0 Å². The van der Waals surface area contributed by atoms with Crippen molar-refractivity contribution in [2.75, 3.05) is 30.4 Å². The maximum atomic E-state index is 12.8. The SMILES string of the molecule is COc1ccc([C@@H]2CN(c3ccccc3CO)CC[C@H]2NC(=O)Nc2ccc(Cl)cc2)nc1. The molecule has 2 heterocycles. The third-order valence-corrected chi connectivity index (χ3v) is 6.16. The first kappa shape index (κ1) is 22.9. The van der Waals surface area contributed by atoms with E-state index in [9.17, 15) is 9.90 Å². The highest BCUT2D eigenvalue weighted by molar-refractivity contribution is 6.30. The molecule has 0 saturated carbocycles. The molecule has 2 amide bonds. The lowest BCUT2D eigenvalue weighted by atomic mass is 9.88. The molecule has 4 rings (SSSR count). The average molecular weight is 467 g/mol. The van der Waals surface area contributed by atoms with Crippen LogP contribution < -0.4 is 20.3 Å². The highest BCUT2D eigenvalue weighted by Crippen LogP contribution is 2.32. The van der Waals surface area contributed by atoms with E-state index >= 15 is 0 Å². The molecule has 1 aliphatic rings. The second kappa shape index (κ2) is 10.6. The van der Waals surface area contributed by atoms with Gasteiger partial charge in [-0.1, -0.05) is 29.8 Å². The summed E-state index contributed by atoms with van der Waals surface area (Å²) >= 11 is 5.93. The lowest BCUT2D eigenvalue weighted by Crippen LogP contribution is -2.51. The first-order chi connectivity index (χ1) is 16.1. The smallest absolute Gasteiger partial charge is 0.319 e. The van der Waals surface area contributed by atoms with E-state index in [1.54, 1.807) is 37.6 Å². The first-order valence-electron chi connectivity index (χ1n) is 10.8. The predicted molar refractivity (Wildman–Crippen MR) is 130 cm³/mol. The fourth-order valence-electron chi connectivity index (χ4n) is 4.20. The lowest BCUT2D eigenvalue weighted by Gasteiger charge is -2.40. The summed E-state index contributed by atoms with van der Waals surface area (Å²) in [6, 6.07) is 18.3. The highest BCUT2D eigenvalue weighted by Gasteiger charge is 2.33. The molecule has 0 aliphatic carbocycles. The number of nitrogens with zero attached hydrogens (tertiary/aromatic N) is 2.